The van der Waals surface area contributed by atoms with E-state index >= 15 is 0 Å². The van der Waals surface area contributed by atoms with Gasteiger partial charge in [0.15, 0.2) is 0 Å². The minimum Gasteiger partial charge on any atom is -0.338 e. The molecule has 3 N–H and O–H groups in total. The summed E-state index contributed by atoms with van der Waals surface area (Å²) in [4.78, 5) is 25.3. The van der Waals surface area contributed by atoms with E-state index in [2.05, 4.69) is 5.32 Å². The Kier molecular flexibility index (Phi) is 7.35. The summed E-state index contributed by atoms with van der Waals surface area (Å²) in [6.45, 7) is 3.48. The van der Waals surface area contributed by atoms with Gasteiger partial charge >= 0.3 is 0 Å². The topological polar surface area (TPSA) is 75.4 Å². The van der Waals surface area contributed by atoms with Crippen molar-refractivity contribution in [3.05, 3.63) is 29.8 Å². The molecule has 1 aromatic rings. The lowest BCUT2D eigenvalue weighted by Crippen LogP contribution is -2.35. The first-order valence-electron chi connectivity index (χ1n) is 7.53. The maximum Gasteiger partial charge on any atom is 0.241 e. The molecular formula is C16H24ClN3O2. The number of rotatable bonds is 6. The molecule has 1 fully saturated rings. The molecule has 1 unspecified atom stereocenters. The van der Waals surface area contributed by atoms with E-state index in [0.29, 0.717) is 19.4 Å². The van der Waals surface area contributed by atoms with Gasteiger partial charge < -0.3 is 16.0 Å². The molecule has 0 saturated carbocycles. The number of anilines is 1. The molecule has 122 valence electrons. The van der Waals surface area contributed by atoms with Gasteiger partial charge in [0, 0.05) is 25.2 Å². The van der Waals surface area contributed by atoms with Gasteiger partial charge in [-0.15, -0.1) is 12.4 Å². The maximum absolute atomic E-state index is 11.8. The van der Waals surface area contributed by atoms with Crippen LogP contribution in [0.25, 0.3) is 0 Å². The predicted octanol–water partition coefficient (Wildman–Crippen LogP) is 2.30. The Morgan fingerprint density at radius 3 is 2.59 bits per heavy atom. The largest absolute Gasteiger partial charge is 0.338 e. The molecule has 22 heavy (non-hydrogen) atoms. The number of hydrogen-bond acceptors (Lipinski definition) is 3. The van der Waals surface area contributed by atoms with Crippen molar-refractivity contribution in [2.24, 2.45) is 5.73 Å². The fraction of sp³-hybridized carbons (Fsp3) is 0.500. The van der Waals surface area contributed by atoms with Crippen LogP contribution in [0.3, 0.4) is 0 Å². The van der Waals surface area contributed by atoms with Crippen molar-refractivity contribution in [1.82, 2.24) is 4.90 Å². The summed E-state index contributed by atoms with van der Waals surface area (Å²) in [7, 11) is 0. The number of likely N-dealkylation sites (tertiary alicyclic amines) is 1. The highest BCUT2D eigenvalue weighted by Crippen LogP contribution is 2.16. The third-order valence-corrected chi connectivity index (χ3v) is 3.70. The van der Waals surface area contributed by atoms with Crippen LogP contribution in [0.2, 0.25) is 0 Å². The number of nitrogens with two attached hydrogens (primary N) is 1. The Bertz CT molecular complexity index is 505. The smallest absolute Gasteiger partial charge is 0.241 e. The Hall–Kier alpha value is -1.59. The van der Waals surface area contributed by atoms with Gasteiger partial charge in [0.25, 0.3) is 0 Å². The van der Waals surface area contributed by atoms with Gasteiger partial charge in [-0.05, 0) is 30.5 Å². The van der Waals surface area contributed by atoms with Gasteiger partial charge in [0.1, 0.15) is 0 Å². The second-order valence-corrected chi connectivity index (χ2v) is 5.50. The monoisotopic (exact) mass is 325 g/mol. The van der Waals surface area contributed by atoms with Crippen LogP contribution in [0.15, 0.2) is 24.3 Å². The summed E-state index contributed by atoms with van der Waals surface area (Å²) < 4.78 is 0. The van der Waals surface area contributed by atoms with E-state index in [1.807, 2.05) is 36.1 Å². The number of amides is 2. The zero-order valence-corrected chi connectivity index (χ0v) is 13.7. The second-order valence-electron chi connectivity index (χ2n) is 5.50. The van der Waals surface area contributed by atoms with Gasteiger partial charge in [-0.2, -0.15) is 0 Å². The molecular weight excluding hydrogens is 302 g/mol. The van der Waals surface area contributed by atoms with Crippen LogP contribution in [0, 0.1) is 0 Å². The molecule has 1 aromatic carbocycles. The Balaban J connectivity index is 0.00000242. The highest BCUT2D eigenvalue weighted by atomic mass is 35.5. The van der Waals surface area contributed by atoms with E-state index in [4.69, 9.17) is 5.73 Å². The molecule has 2 rings (SSSR count). The number of carbonyl (C=O) groups excluding carboxylic acids is 2. The lowest BCUT2D eigenvalue weighted by molar-refractivity contribution is -0.128. The van der Waals surface area contributed by atoms with Crippen LogP contribution in [0.5, 0.6) is 0 Å². The van der Waals surface area contributed by atoms with Crippen LogP contribution in [-0.4, -0.2) is 29.3 Å². The molecule has 0 spiro atoms. The minimum absolute atomic E-state index is 0. The zero-order chi connectivity index (χ0) is 15.2. The third kappa shape index (κ3) is 5.00. The van der Waals surface area contributed by atoms with Crippen LogP contribution >= 0.6 is 12.4 Å². The third-order valence-electron chi connectivity index (χ3n) is 3.70. The quantitative estimate of drug-likeness (QED) is 0.842. The molecule has 0 bridgehead atoms. The minimum atomic E-state index is -0.461. The summed E-state index contributed by atoms with van der Waals surface area (Å²) in [5.74, 6) is 0.0669. The Morgan fingerprint density at radius 2 is 2.05 bits per heavy atom. The molecule has 1 aliphatic heterocycles. The van der Waals surface area contributed by atoms with Gasteiger partial charge in [0.2, 0.25) is 11.8 Å². The molecule has 1 heterocycles. The van der Waals surface area contributed by atoms with Crippen molar-refractivity contribution >= 4 is 29.9 Å². The van der Waals surface area contributed by atoms with E-state index in [1.165, 1.54) is 0 Å². The summed E-state index contributed by atoms with van der Waals surface area (Å²) in [5, 5.41) is 2.81. The SMILES string of the molecule is CCCC(N)C(=O)Nc1ccc(CN2CCCC2=O)cc1.Cl. The molecule has 6 heteroatoms. The standard InChI is InChI=1S/C16H23N3O2.ClH/c1-2-4-14(17)16(21)18-13-8-6-12(7-9-13)11-19-10-3-5-15(19)20;/h6-9,14H,2-5,10-11,17H2,1H3,(H,18,21);1H. The lowest BCUT2D eigenvalue weighted by atomic mass is 10.1. The fourth-order valence-electron chi connectivity index (χ4n) is 2.46. The van der Waals surface area contributed by atoms with E-state index in [9.17, 15) is 9.59 Å². The van der Waals surface area contributed by atoms with Gasteiger partial charge in [-0.1, -0.05) is 25.5 Å². The zero-order valence-electron chi connectivity index (χ0n) is 12.9. The number of hydrogen-bond donors (Lipinski definition) is 2. The highest BCUT2D eigenvalue weighted by molar-refractivity contribution is 5.94. The number of carbonyl (C=O) groups is 2. The fourth-order valence-corrected chi connectivity index (χ4v) is 2.46. The summed E-state index contributed by atoms with van der Waals surface area (Å²) in [5.41, 5.74) is 7.58. The summed E-state index contributed by atoms with van der Waals surface area (Å²) in [6, 6.07) is 7.12. The number of benzene rings is 1. The van der Waals surface area contributed by atoms with Crippen molar-refractivity contribution in [3.63, 3.8) is 0 Å². The van der Waals surface area contributed by atoms with Crippen LogP contribution in [0.1, 0.15) is 38.2 Å². The molecule has 1 aliphatic rings. The first-order valence-corrected chi connectivity index (χ1v) is 7.53. The van der Waals surface area contributed by atoms with Crippen LogP contribution in [-0.2, 0) is 16.1 Å². The van der Waals surface area contributed by atoms with E-state index in [1.54, 1.807) is 0 Å². The molecule has 2 amide bonds. The molecule has 0 radical (unpaired) electrons. The maximum atomic E-state index is 11.8. The van der Waals surface area contributed by atoms with Gasteiger partial charge in [-0.25, -0.2) is 0 Å². The Labute approximate surface area is 137 Å². The van der Waals surface area contributed by atoms with Gasteiger partial charge in [0.05, 0.1) is 6.04 Å². The lowest BCUT2D eigenvalue weighted by Gasteiger charge is -2.16. The molecule has 1 saturated heterocycles. The summed E-state index contributed by atoms with van der Waals surface area (Å²) in [6.07, 6.45) is 3.17. The van der Waals surface area contributed by atoms with Crippen molar-refractivity contribution in [3.8, 4) is 0 Å². The second kappa shape index (κ2) is 8.76. The highest BCUT2D eigenvalue weighted by Gasteiger charge is 2.19. The first kappa shape index (κ1) is 18.5. The average Bonchev–Trinajstić information content (AvgIpc) is 2.86. The van der Waals surface area contributed by atoms with E-state index < -0.39 is 6.04 Å². The van der Waals surface area contributed by atoms with Crippen LogP contribution in [0.4, 0.5) is 5.69 Å². The van der Waals surface area contributed by atoms with Crippen LogP contribution < -0.4 is 11.1 Å². The predicted molar refractivity (Wildman–Crippen MR) is 89.9 cm³/mol. The van der Waals surface area contributed by atoms with Crippen molar-refractivity contribution in [1.29, 1.82) is 0 Å². The van der Waals surface area contributed by atoms with Crippen molar-refractivity contribution in [2.75, 3.05) is 11.9 Å². The summed E-state index contributed by atoms with van der Waals surface area (Å²) >= 11 is 0. The van der Waals surface area contributed by atoms with E-state index in [0.717, 1.165) is 30.6 Å². The molecule has 1 atom stereocenters. The molecule has 0 aromatic heterocycles. The van der Waals surface area contributed by atoms with Crippen molar-refractivity contribution in [2.45, 2.75) is 45.2 Å². The number of nitrogens with one attached hydrogen (secondary N) is 1. The normalized spacial score (nSPS) is 15.4. The Morgan fingerprint density at radius 1 is 1.36 bits per heavy atom. The average molecular weight is 326 g/mol. The van der Waals surface area contributed by atoms with Crippen molar-refractivity contribution < 1.29 is 9.59 Å². The number of halogens is 1. The van der Waals surface area contributed by atoms with E-state index in [-0.39, 0.29) is 24.2 Å². The molecule has 0 aliphatic carbocycles. The molecule has 5 nitrogen and oxygen atoms in total. The van der Waals surface area contributed by atoms with Gasteiger partial charge in [-0.3, -0.25) is 9.59 Å². The number of nitrogens with zero attached hydrogens (tertiary/aromatic N) is 1. The first-order chi connectivity index (χ1) is 10.1.